The molecule has 2 heterocycles. The first-order valence-corrected chi connectivity index (χ1v) is 6.91. The molecule has 0 bridgehead atoms. The fourth-order valence-electron chi connectivity index (χ4n) is 2.53. The third-order valence-corrected chi connectivity index (χ3v) is 3.59. The van der Waals surface area contributed by atoms with Crippen molar-refractivity contribution in [3.63, 3.8) is 0 Å². The highest BCUT2D eigenvalue weighted by Crippen LogP contribution is 2.24. The molecular weight excluding hydrogens is 224 g/mol. The van der Waals surface area contributed by atoms with Gasteiger partial charge in [0.15, 0.2) is 0 Å². The van der Waals surface area contributed by atoms with Crippen LogP contribution in [0.25, 0.3) is 0 Å². The van der Waals surface area contributed by atoms with E-state index in [-0.39, 0.29) is 6.04 Å². The summed E-state index contributed by atoms with van der Waals surface area (Å²) in [5.41, 5.74) is 6.98. The van der Waals surface area contributed by atoms with Crippen LogP contribution in [0.2, 0.25) is 0 Å². The molecule has 1 aliphatic rings. The standard InChI is InChI=1S/C14H24N4/c1-11(15)5-6-14-16-8-7-13(17-14)12-4-3-9-18(2)10-12/h7-8,11-12H,3-6,9-10,15H2,1-2H3. The van der Waals surface area contributed by atoms with Crippen LogP contribution in [0.1, 0.15) is 43.6 Å². The minimum atomic E-state index is 0.220. The average Bonchev–Trinajstić information content (AvgIpc) is 2.37. The monoisotopic (exact) mass is 248 g/mol. The molecule has 0 saturated carbocycles. The van der Waals surface area contributed by atoms with Gasteiger partial charge in [0.05, 0.1) is 0 Å². The second-order valence-electron chi connectivity index (χ2n) is 5.52. The molecule has 2 rings (SSSR count). The number of aryl methyl sites for hydroxylation is 1. The molecular formula is C14H24N4. The Balaban J connectivity index is 2.02. The highest BCUT2D eigenvalue weighted by Gasteiger charge is 2.20. The lowest BCUT2D eigenvalue weighted by Crippen LogP contribution is -2.31. The van der Waals surface area contributed by atoms with Gasteiger partial charge in [-0.3, -0.25) is 0 Å². The summed E-state index contributed by atoms with van der Waals surface area (Å²) in [6, 6.07) is 2.29. The number of hydrogen-bond acceptors (Lipinski definition) is 4. The molecule has 1 aromatic heterocycles. The lowest BCUT2D eigenvalue weighted by Gasteiger charge is -2.29. The lowest BCUT2D eigenvalue weighted by molar-refractivity contribution is 0.248. The molecule has 18 heavy (non-hydrogen) atoms. The molecule has 2 atom stereocenters. The summed E-state index contributed by atoms with van der Waals surface area (Å²) in [5.74, 6) is 1.51. The molecule has 2 unspecified atom stereocenters. The number of hydrogen-bond donors (Lipinski definition) is 1. The van der Waals surface area contributed by atoms with E-state index < -0.39 is 0 Å². The smallest absolute Gasteiger partial charge is 0.128 e. The van der Waals surface area contributed by atoms with Gasteiger partial charge in [0.1, 0.15) is 5.82 Å². The van der Waals surface area contributed by atoms with E-state index in [1.807, 2.05) is 13.1 Å². The maximum atomic E-state index is 5.78. The van der Waals surface area contributed by atoms with E-state index in [0.717, 1.165) is 25.2 Å². The molecule has 4 nitrogen and oxygen atoms in total. The van der Waals surface area contributed by atoms with Crippen LogP contribution in [0.4, 0.5) is 0 Å². The summed E-state index contributed by atoms with van der Waals surface area (Å²) in [6.45, 7) is 4.35. The van der Waals surface area contributed by atoms with E-state index in [1.54, 1.807) is 0 Å². The van der Waals surface area contributed by atoms with Crippen molar-refractivity contribution in [3.05, 3.63) is 23.8 Å². The first kappa shape index (κ1) is 13.4. The van der Waals surface area contributed by atoms with E-state index in [1.165, 1.54) is 25.1 Å². The van der Waals surface area contributed by atoms with Gasteiger partial charge in [-0.05, 0) is 45.8 Å². The fraction of sp³-hybridized carbons (Fsp3) is 0.714. The third-order valence-electron chi connectivity index (χ3n) is 3.59. The van der Waals surface area contributed by atoms with Crippen molar-refractivity contribution in [2.24, 2.45) is 5.73 Å². The first-order valence-electron chi connectivity index (χ1n) is 6.91. The Morgan fingerprint density at radius 3 is 3.11 bits per heavy atom. The summed E-state index contributed by atoms with van der Waals surface area (Å²) in [6.07, 6.45) is 6.24. The number of piperidine rings is 1. The van der Waals surface area contributed by atoms with Crippen LogP contribution in [-0.2, 0) is 6.42 Å². The second-order valence-corrected chi connectivity index (χ2v) is 5.52. The molecule has 4 heteroatoms. The topological polar surface area (TPSA) is 55.0 Å². The van der Waals surface area contributed by atoms with Crippen molar-refractivity contribution in [2.45, 2.75) is 44.6 Å². The number of nitrogens with zero attached hydrogens (tertiary/aromatic N) is 3. The van der Waals surface area contributed by atoms with Crippen molar-refractivity contribution in [3.8, 4) is 0 Å². The van der Waals surface area contributed by atoms with E-state index in [4.69, 9.17) is 10.7 Å². The third kappa shape index (κ3) is 3.75. The van der Waals surface area contributed by atoms with E-state index in [0.29, 0.717) is 5.92 Å². The zero-order valence-corrected chi connectivity index (χ0v) is 11.5. The van der Waals surface area contributed by atoms with Crippen molar-refractivity contribution < 1.29 is 0 Å². The Morgan fingerprint density at radius 1 is 1.56 bits per heavy atom. The van der Waals surface area contributed by atoms with Gasteiger partial charge in [-0.1, -0.05) is 0 Å². The Kier molecular flexibility index (Phi) is 4.66. The molecule has 100 valence electrons. The Morgan fingerprint density at radius 2 is 2.39 bits per heavy atom. The average molecular weight is 248 g/mol. The number of rotatable bonds is 4. The normalized spacial score (nSPS) is 22.9. The van der Waals surface area contributed by atoms with E-state index in [2.05, 4.69) is 23.0 Å². The molecule has 0 aromatic carbocycles. The van der Waals surface area contributed by atoms with Gasteiger partial charge < -0.3 is 10.6 Å². The number of likely N-dealkylation sites (tertiary alicyclic amines) is 1. The van der Waals surface area contributed by atoms with Crippen molar-refractivity contribution in [1.29, 1.82) is 0 Å². The molecule has 1 aromatic rings. The summed E-state index contributed by atoms with van der Waals surface area (Å²) < 4.78 is 0. The van der Waals surface area contributed by atoms with Crippen LogP contribution in [-0.4, -0.2) is 41.0 Å². The molecule has 2 N–H and O–H groups in total. The van der Waals surface area contributed by atoms with Crippen LogP contribution in [0.3, 0.4) is 0 Å². The summed E-state index contributed by atoms with van der Waals surface area (Å²) in [5, 5.41) is 0. The van der Waals surface area contributed by atoms with Crippen molar-refractivity contribution in [1.82, 2.24) is 14.9 Å². The van der Waals surface area contributed by atoms with E-state index >= 15 is 0 Å². The van der Waals surface area contributed by atoms with Gasteiger partial charge >= 0.3 is 0 Å². The van der Waals surface area contributed by atoms with Crippen LogP contribution < -0.4 is 5.73 Å². The molecule has 0 radical (unpaired) electrons. The van der Waals surface area contributed by atoms with Crippen LogP contribution in [0.15, 0.2) is 12.3 Å². The summed E-state index contributed by atoms with van der Waals surface area (Å²) >= 11 is 0. The molecule has 0 amide bonds. The molecule has 1 fully saturated rings. The van der Waals surface area contributed by atoms with Gasteiger partial charge in [-0.2, -0.15) is 0 Å². The number of likely N-dealkylation sites (N-methyl/N-ethyl adjacent to an activating group) is 1. The highest BCUT2D eigenvalue weighted by atomic mass is 15.1. The Hall–Kier alpha value is -1.00. The molecule has 1 aliphatic heterocycles. The molecule has 1 saturated heterocycles. The minimum Gasteiger partial charge on any atom is -0.328 e. The molecule has 0 spiro atoms. The maximum Gasteiger partial charge on any atom is 0.128 e. The Labute approximate surface area is 110 Å². The zero-order valence-electron chi connectivity index (χ0n) is 11.5. The van der Waals surface area contributed by atoms with Crippen molar-refractivity contribution in [2.75, 3.05) is 20.1 Å². The van der Waals surface area contributed by atoms with Crippen molar-refractivity contribution >= 4 is 0 Å². The van der Waals surface area contributed by atoms with Crippen LogP contribution in [0.5, 0.6) is 0 Å². The SMILES string of the molecule is CC(N)CCc1nccc(C2CCCN(C)C2)n1. The van der Waals surface area contributed by atoms with Gasteiger partial charge in [-0.15, -0.1) is 0 Å². The Bertz CT molecular complexity index is 378. The van der Waals surface area contributed by atoms with Gasteiger partial charge in [-0.25, -0.2) is 9.97 Å². The lowest BCUT2D eigenvalue weighted by atomic mass is 9.95. The fourth-order valence-corrected chi connectivity index (χ4v) is 2.53. The molecule has 0 aliphatic carbocycles. The van der Waals surface area contributed by atoms with E-state index in [9.17, 15) is 0 Å². The quantitative estimate of drug-likeness (QED) is 0.878. The largest absolute Gasteiger partial charge is 0.328 e. The van der Waals surface area contributed by atoms with Gasteiger partial charge in [0.25, 0.3) is 0 Å². The summed E-state index contributed by atoms with van der Waals surface area (Å²) in [7, 11) is 2.18. The number of nitrogens with two attached hydrogens (primary N) is 1. The van der Waals surface area contributed by atoms with Crippen LogP contribution >= 0.6 is 0 Å². The summed E-state index contributed by atoms with van der Waals surface area (Å²) in [4.78, 5) is 11.4. The predicted octanol–water partition coefficient (Wildman–Crippen LogP) is 1.57. The number of aromatic nitrogens is 2. The minimum absolute atomic E-state index is 0.220. The zero-order chi connectivity index (χ0) is 13.0. The maximum absolute atomic E-state index is 5.78. The second kappa shape index (κ2) is 6.25. The highest BCUT2D eigenvalue weighted by molar-refractivity contribution is 5.10. The first-order chi connectivity index (χ1) is 8.65. The van der Waals surface area contributed by atoms with Crippen LogP contribution in [0, 0.1) is 0 Å². The predicted molar refractivity (Wildman–Crippen MR) is 73.5 cm³/mol. The van der Waals surface area contributed by atoms with Gasteiger partial charge in [0.2, 0.25) is 0 Å². The van der Waals surface area contributed by atoms with Gasteiger partial charge in [0, 0.05) is 36.8 Å².